The zero-order valence-electron chi connectivity index (χ0n) is 21.8. The molecular formula is C30H32ClN3O5. The Morgan fingerprint density at radius 1 is 1.10 bits per heavy atom. The minimum atomic E-state index is -1.21. The van der Waals surface area contributed by atoms with Crippen molar-refractivity contribution in [3.05, 3.63) is 71.3 Å². The van der Waals surface area contributed by atoms with Gasteiger partial charge in [-0.2, -0.15) is 0 Å². The van der Waals surface area contributed by atoms with E-state index in [4.69, 9.17) is 21.1 Å². The zero-order valence-corrected chi connectivity index (χ0v) is 22.5. The summed E-state index contributed by atoms with van der Waals surface area (Å²) in [6.07, 6.45) is 8.20. The van der Waals surface area contributed by atoms with Crippen LogP contribution >= 0.6 is 11.6 Å². The molecule has 39 heavy (non-hydrogen) atoms. The van der Waals surface area contributed by atoms with Crippen LogP contribution < -0.4 is 15.4 Å². The summed E-state index contributed by atoms with van der Waals surface area (Å²) in [7, 11) is 1.59. The van der Waals surface area contributed by atoms with Crippen molar-refractivity contribution in [2.45, 2.75) is 62.4 Å². The van der Waals surface area contributed by atoms with Gasteiger partial charge in [-0.25, -0.2) is 0 Å². The van der Waals surface area contributed by atoms with Crippen LogP contribution in [0.3, 0.4) is 0 Å². The van der Waals surface area contributed by atoms with Crippen LogP contribution in [0.1, 0.15) is 37.7 Å². The molecule has 2 bridgehead atoms. The number of nitrogens with one attached hydrogen (secondary N) is 2. The van der Waals surface area contributed by atoms with E-state index in [0.29, 0.717) is 16.5 Å². The predicted octanol–water partition coefficient (Wildman–Crippen LogP) is 4.09. The number of benzene rings is 2. The molecule has 3 aliphatic heterocycles. The molecule has 0 unspecified atom stereocenters. The Balaban J connectivity index is 1.33. The van der Waals surface area contributed by atoms with E-state index in [1.165, 1.54) is 6.42 Å². The first-order valence-electron chi connectivity index (χ1n) is 13.6. The van der Waals surface area contributed by atoms with E-state index in [1.54, 1.807) is 36.3 Å². The smallest absolute Gasteiger partial charge is 0.246 e. The molecule has 2 aromatic rings. The molecule has 8 nitrogen and oxygen atoms in total. The fraction of sp³-hybridized carbons (Fsp3) is 0.433. The van der Waals surface area contributed by atoms with E-state index < -0.39 is 29.6 Å². The number of likely N-dealkylation sites (tertiary alicyclic amines) is 1. The highest BCUT2D eigenvalue weighted by molar-refractivity contribution is 6.30. The second-order valence-electron chi connectivity index (χ2n) is 10.9. The second-order valence-corrected chi connectivity index (χ2v) is 11.3. The highest BCUT2D eigenvalue weighted by Crippen LogP contribution is 2.55. The van der Waals surface area contributed by atoms with Gasteiger partial charge in [-0.15, -0.1) is 0 Å². The summed E-state index contributed by atoms with van der Waals surface area (Å²) in [5.41, 5.74) is 0.155. The normalized spacial score (nSPS) is 29.4. The highest BCUT2D eigenvalue weighted by atomic mass is 35.5. The number of methoxy groups -OCH3 is 1. The van der Waals surface area contributed by atoms with Gasteiger partial charge in [-0.1, -0.05) is 61.2 Å². The SMILES string of the molecule is COc1cccc(CN2C(=O)[C@H]3[C@@H](C(=O)Nc4cccc(Cl)c4)[C@H]4C=C[C@@]3(O4)[C@H]2C(=O)NC2CCCCC2)c1. The standard InChI is InChI=1S/C30H32ClN3O5/c1-38-22-12-5-7-18(15-22)17-34-26(28(36)32-20-9-3-2-4-10-20)30-14-13-23(39-30)24(25(30)29(34)37)27(35)33-21-11-6-8-19(31)16-21/h5-8,11-16,20,23-26H,2-4,9-10,17H2,1H3,(H,32,36)(H,33,35)/t23-,24+,25-,26-,30+/m1/s1. The quantitative estimate of drug-likeness (QED) is 0.507. The van der Waals surface area contributed by atoms with Crippen LogP contribution in [0.5, 0.6) is 5.75 Å². The van der Waals surface area contributed by atoms with Gasteiger partial charge in [-0.05, 0) is 48.7 Å². The second kappa shape index (κ2) is 10.3. The Labute approximate surface area is 232 Å². The summed E-state index contributed by atoms with van der Waals surface area (Å²) in [5.74, 6) is -1.76. The van der Waals surface area contributed by atoms with Crippen LogP contribution in [0.2, 0.25) is 5.02 Å². The number of amides is 3. The number of carbonyl (C=O) groups excluding carboxylic acids is 3. The van der Waals surface area contributed by atoms with Gasteiger partial charge >= 0.3 is 0 Å². The topological polar surface area (TPSA) is 97.0 Å². The molecule has 0 radical (unpaired) electrons. The molecule has 1 saturated carbocycles. The lowest BCUT2D eigenvalue weighted by Crippen LogP contribution is -2.56. The number of anilines is 1. The van der Waals surface area contributed by atoms with Gasteiger partial charge in [0.1, 0.15) is 17.4 Å². The molecule has 4 aliphatic rings. The number of ether oxygens (including phenoxy) is 2. The molecule has 3 heterocycles. The molecule has 2 aromatic carbocycles. The minimum Gasteiger partial charge on any atom is -0.497 e. The van der Waals surface area contributed by atoms with Crippen molar-refractivity contribution in [1.82, 2.24) is 10.2 Å². The summed E-state index contributed by atoms with van der Waals surface area (Å²) >= 11 is 6.11. The molecule has 9 heteroatoms. The van der Waals surface area contributed by atoms with Crippen molar-refractivity contribution in [3.8, 4) is 5.75 Å². The Morgan fingerprint density at radius 2 is 1.90 bits per heavy atom. The molecular weight excluding hydrogens is 518 g/mol. The first-order valence-corrected chi connectivity index (χ1v) is 13.9. The first-order chi connectivity index (χ1) is 18.9. The number of carbonyl (C=O) groups is 3. The van der Waals surface area contributed by atoms with Crippen LogP contribution in [0, 0.1) is 11.8 Å². The van der Waals surface area contributed by atoms with Crippen LogP contribution in [-0.2, 0) is 25.7 Å². The Morgan fingerprint density at radius 3 is 2.67 bits per heavy atom. The number of fused-ring (bicyclic) bond motifs is 1. The lowest BCUT2D eigenvalue weighted by molar-refractivity contribution is -0.142. The number of halogens is 1. The summed E-state index contributed by atoms with van der Waals surface area (Å²) in [6.45, 7) is 0.196. The third-order valence-electron chi connectivity index (χ3n) is 8.46. The van der Waals surface area contributed by atoms with E-state index >= 15 is 0 Å². The van der Waals surface area contributed by atoms with Crippen molar-refractivity contribution >= 4 is 35.0 Å². The summed E-state index contributed by atoms with van der Waals surface area (Å²) in [4.78, 5) is 43.3. The zero-order chi connectivity index (χ0) is 27.1. The van der Waals surface area contributed by atoms with E-state index in [1.807, 2.05) is 36.4 Å². The summed E-state index contributed by atoms with van der Waals surface area (Å²) in [6, 6.07) is 13.5. The first kappa shape index (κ1) is 25.9. The van der Waals surface area contributed by atoms with Crippen LogP contribution in [0.15, 0.2) is 60.7 Å². The van der Waals surface area contributed by atoms with Crippen molar-refractivity contribution in [1.29, 1.82) is 0 Å². The Bertz CT molecular complexity index is 1330. The molecule has 3 fully saturated rings. The van der Waals surface area contributed by atoms with Crippen LogP contribution in [0.4, 0.5) is 5.69 Å². The lowest BCUT2D eigenvalue weighted by atomic mass is 9.74. The summed E-state index contributed by atoms with van der Waals surface area (Å²) in [5, 5.41) is 6.61. The van der Waals surface area contributed by atoms with Crippen LogP contribution in [0.25, 0.3) is 0 Å². The van der Waals surface area contributed by atoms with Crippen molar-refractivity contribution in [2.75, 3.05) is 12.4 Å². The molecule has 1 aliphatic carbocycles. The van der Waals surface area contributed by atoms with Crippen molar-refractivity contribution < 1.29 is 23.9 Å². The molecule has 0 aromatic heterocycles. The van der Waals surface area contributed by atoms with Gasteiger partial charge in [0, 0.05) is 23.3 Å². The van der Waals surface area contributed by atoms with Gasteiger partial charge in [-0.3, -0.25) is 14.4 Å². The maximum Gasteiger partial charge on any atom is 0.246 e. The van der Waals surface area contributed by atoms with Gasteiger partial charge in [0.05, 0.1) is 25.0 Å². The maximum absolute atomic E-state index is 14.2. The number of hydrogen-bond donors (Lipinski definition) is 2. The molecule has 2 saturated heterocycles. The Hall–Kier alpha value is -3.36. The lowest BCUT2D eigenvalue weighted by Gasteiger charge is -2.34. The average molecular weight is 550 g/mol. The third kappa shape index (κ3) is 4.59. The van der Waals surface area contributed by atoms with E-state index in [9.17, 15) is 14.4 Å². The molecule has 3 amide bonds. The van der Waals surface area contributed by atoms with Crippen molar-refractivity contribution in [2.24, 2.45) is 11.8 Å². The third-order valence-corrected chi connectivity index (χ3v) is 8.69. The number of rotatable bonds is 7. The highest BCUT2D eigenvalue weighted by Gasteiger charge is 2.72. The molecule has 5 atom stereocenters. The molecule has 2 N–H and O–H groups in total. The Kier molecular flexibility index (Phi) is 6.85. The summed E-state index contributed by atoms with van der Waals surface area (Å²) < 4.78 is 11.8. The average Bonchev–Trinajstić information content (AvgIpc) is 3.57. The molecule has 204 valence electrons. The van der Waals surface area contributed by atoms with Crippen LogP contribution in [-0.4, -0.2) is 53.5 Å². The van der Waals surface area contributed by atoms with Gasteiger partial charge < -0.3 is 25.0 Å². The van der Waals surface area contributed by atoms with E-state index in [2.05, 4.69) is 10.6 Å². The number of hydrogen-bond acceptors (Lipinski definition) is 5. The van der Waals surface area contributed by atoms with Gasteiger partial charge in [0.25, 0.3) is 0 Å². The van der Waals surface area contributed by atoms with E-state index in [-0.39, 0.29) is 30.3 Å². The predicted molar refractivity (Wildman–Crippen MR) is 146 cm³/mol. The van der Waals surface area contributed by atoms with Gasteiger partial charge in [0.15, 0.2) is 0 Å². The minimum absolute atomic E-state index is 0.0694. The maximum atomic E-state index is 14.2. The van der Waals surface area contributed by atoms with Crippen molar-refractivity contribution in [3.63, 3.8) is 0 Å². The monoisotopic (exact) mass is 549 g/mol. The molecule has 1 spiro atoms. The fourth-order valence-electron chi connectivity index (χ4n) is 6.72. The fourth-order valence-corrected chi connectivity index (χ4v) is 6.91. The number of nitrogens with zero attached hydrogens (tertiary/aromatic N) is 1. The van der Waals surface area contributed by atoms with Gasteiger partial charge in [0.2, 0.25) is 17.7 Å². The largest absolute Gasteiger partial charge is 0.497 e. The molecule has 6 rings (SSSR count). The van der Waals surface area contributed by atoms with E-state index in [0.717, 1.165) is 31.2 Å².